The number of aromatic nitrogens is 1. The van der Waals surface area contributed by atoms with Gasteiger partial charge in [-0.2, -0.15) is 13.2 Å². The summed E-state index contributed by atoms with van der Waals surface area (Å²) >= 11 is 0. The van der Waals surface area contributed by atoms with Gasteiger partial charge < -0.3 is 5.11 Å². The van der Waals surface area contributed by atoms with Crippen LogP contribution in [0.5, 0.6) is 0 Å². The summed E-state index contributed by atoms with van der Waals surface area (Å²) in [6.45, 7) is 1.39. The molecule has 0 radical (unpaired) electrons. The Kier molecular flexibility index (Phi) is 5.86. The van der Waals surface area contributed by atoms with Gasteiger partial charge in [0.25, 0.3) is 5.56 Å². The fourth-order valence-electron chi connectivity index (χ4n) is 2.96. The molecule has 158 valence electrons. The summed E-state index contributed by atoms with van der Waals surface area (Å²) in [7, 11) is -1.92. The number of aromatic carboxylic acids is 1. The molecule has 1 atom stereocenters. The quantitative estimate of drug-likeness (QED) is 0.616. The van der Waals surface area contributed by atoms with Crippen LogP contribution in [0.25, 0.3) is 5.69 Å². The molecule has 1 heterocycles. The van der Waals surface area contributed by atoms with E-state index in [0.717, 1.165) is 28.8 Å². The van der Waals surface area contributed by atoms with Crippen molar-refractivity contribution in [3.63, 3.8) is 0 Å². The van der Waals surface area contributed by atoms with Crippen molar-refractivity contribution in [1.29, 1.82) is 0 Å². The van der Waals surface area contributed by atoms with Crippen molar-refractivity contribution in [1.82, 2.24) is 4.57 Å². The van der Waals surface area contributed by atoms with Crippen LogP contribution in [0.4, 0.5) is 13.2 Å². The van der Waals surface area contributed by atoms with Crippen LogP contribution in [-0.2, 0) is 17.0 Å². The number of hydrogen-bond donors (Lipinski definition) is 1. The molecule has 0 fully saturated rings. The summed E-state index contributed by atoms with van der Waals surface area (Å²) in [6, 6.07) is 11.0. The van der Waals surface area contributed by atoms with E-state index in [9.17, 15) is 32.1 Å². The number of alkyl halides is 3. The van der Waals surface area contributed by atoms with Gasteiger partial charge in [0, 0.05) is 21.8 Å². The van der Waals surface area contributed by atoms with Crippen molar-refractivity contribution in [3.8, 4) is 18.0 Å². The molecule has 1 unspecified atom stereocenters. The van der Waals surface area contributed by atoms with Crippen LogP contribution in [-0.4, -0.2) is 19.9 Å². The molecular formula is C22H14F3NO4S. The molecule has 9 heteroatoms. The molecule has 0 amide bonds. The van der Waals surface area contributed by atoms with E-state index in [0.29, 0.717) is 5.56 Å². The fourth-order valence-corrected chi connectivity index (χ4v) is 4.18. The number of carboxylic acids is 1. The van der Waals surface area contributed by atoms with Crippen molar-refractivity contribution < 1.29 is 27.3 Å². The summed E-state index contributed by atoms with van der Waals surface area (Å²) in [5.74, 6) is 0.819. The van der Waals surface area contributed by atoms with E-state index in [2.05, 4.69) is 5.92 Å². The van der Waals surface area contributed by atoms with E-state index in [-0.39, 0.29) is 21.2 Å². The Hall–Kier alpha value is -3.64. The lowest BCUT2D eigenvalue weighted by atomic mass is 10.1. The number of rotatable bonds is 4. The first-order valence-electron chi connectivity index (χ1n) is 8.70. The molecule has 0 saturated carbocycles. The maximum atomic E-state index is 13.1. The number of benzene rings is 2. The van der Waals surface area contributed by atoms with Crippen molar-refractivity contribution >= 4 is 16.8 Å². The molecule has 31 heavy (non-hydrogen) atoms. The zero-order valence-electron chi connectivity index (χ0n) is 15.9. The van der Waals surface area contributed by atoms with E-state index in [1.807, 2.05) is 0 Å². The molecule has 3 aromatic rings. The number of nitrogens with zero attached hydrogens (tertiary/aromatic N) is 1. The molecule has 3 rings (SSSR count). The van der Waals surface area contributed by atoms with E-state index in [1.165, 1.54) is 25.1 Å². The van der Waals surface area contributed by atoms with E-state index >= 15 is 0 Å². The first-order valence-corrected chi connectivity index (χ1v) is 9.85. The topological polar surface area (TPSA) is 76.4 Å². The first-order chi connectivity index (χ1) is 14.5. The lowest BCUT2D eigenvalue weighted by Crippen LogP contribution is -2.28. The van der Waals surface area contributed by atoms with Crippen molar-refractivity contribution in [2.75, 3.05) is 0 Å². The minimum absolute atomic E-state index is 0.0251. The second-order valence-electron chi connectivity index (χ2n) is 6.44. The minimum atomic E-state index is -4.66. The number of terminal acetylenes is 1. The molecule has 1 N–H and O–H groups in total. The third kappa shape index (κ3) is 4.29. The van der Waals surface area contributed by atoms with E-state index in [1.54, 1.807) is 12.1 Å². The highest BCUT2D eigenvalue weighted by molar-refractivity contribution is 7.85. The lowest BCUT2D eigenvalue weighted by Gasteiger charge is -2.17. The van der Waals surface area contributed by atoms with Crippen LogP contribution in [0, 0.1) is 19.3 Å². The highest BCUT2D eigenvalue weighted by Crippen LogP contribution is 2.31. The third-order valence-electron chi connectivity index (χ3n) is 4.50. The SMILES string of the molecule is C#Cc1ccc(S(=O)c2cc(C(=O)O)c(=O)n(-c3cccc(C(F)(F)F)c3)c2C)cc1. The van der Waals surface area contributed by atoms with Crippen LogP contribution in [0.3, 0.4) is 0 Å². The Balaban J connectivity index is 2.27. The van der Waals surface area contributed by atoms with Crippen LogP contribution < -0.4 is 5.56 Å². The summed E-state index contributed by atoms with van der Waals surface area (Å²) in [4.78, 5) is 24.7. The van der Waals surface area contributed by atoms with E-state index in [4.69, 9.17) is 6.42 Å². The van der Waals surface area contributed by atoms with Gasteiger partial charge in [-0.15, -0.1) is 6.42 Å². The molecule has 0 bridgehead atoms. The molecule has 0 aliphatic carbocycles. The Morgan fingerprint density at radius 1 is 1.13 bits per heavy atom. The minimum Gasteiger partial charge on any atom is -0.477 e. The molecule has 5 nitrogen and oxygen atoms in total. The second kappa shape index (κ2) is 8.24. The Morgan fingerprint density at radius 2 is 1.77 bits per heavy atom. The van der Waals surface area contributed by atoms with Crippen LogP contribution in [0.1, 0.15) is 27.2 Å². The number of pyridine rings is 1. The summed E-state index contributed by atoms with van der Waals surface area (Å²) in [6.07, 6.45) is 0.634. The monoisotopic (exact) mass is 445 g/mol. The maximum Gasteiger partial charge on any atom is 0.416 e. The van der Waals surface area contributed by atoms with Gasteiger partial charge in [-0.05, 0) is 55.5 Å². The predicted octanol–water partition coefficient (Wildman–Crippen LogP) is 4.01. The molecule has 0 aliphatic rings. The first kappa shape index (κ1) is 22.1. The predicted molar refractivity (Wildman–Crippen MR) is 108 cm³/mol. The Labute approximate surface area is 177 Å². The van der Waals surface area contributed by atoms with Gasteiger partial charge in [0.2, 0.25) is 0 Å². The van der Waals surface area contributed by atoms with E-state index < -0.39 is 39.6 Å². The van der Waals surface area contributed by atoms with Gasteiger partial charge in [0.05, 0.1) is 21.3 Å². The number of carbonyl (C=O) groups is 1. The van der Waals surface area contributed by atoms with Crippen molar-refractivity contribution in [2.45, 2.75) is 22.9 Å². The van der Waals surface area contributed by atoms with Crippen LogP contribution >= 0.6 is 0 Å². The largest absolute Gasteiger partial charge is 0.477 e. The second-order valence-corrected chi connectivity index (χ2v) is 7.89. The molecular weight excluding hydrogens is 431 g/mol. The standard InChI is InChI=1S/C22H14F3NO4S/c1-3-14-7-9-17(10-8-14)31(30)19-12-18(21(28)29)20(27)26(13(19)2)16-6-4-5-15(11-16)22(23,24)25/h1,4-12H,2H3,(H,28,29). The zero-order chi connectivity index (χ0) is 22.9. The van der Waals surface area contributed by atoms with Crippen LogP contribution in [0.2, 0.25) is 0 Å². The molecule has 0 saturated heterocycles. The Bertz CT molecular complexity index is 1300. The van der Waals surface area contributed by atoms with Gasteiger partial charge in [-0.1, -0.05) is 12.0 Å². The van der Waals surface area contributed by atoms with Gasteiger partial charge in [0.15, 0.2) is 0 Å². The van der Waals surface area contributed by atoms with Gasteiger partial charge in [-0.3, -0.25) is 9.36 Å². The van der Waals surface area contributed by atoms with Gasteiger partial charge in [0.1, 0.15) is 5.56 Å². The fraction of sp³-hybridized carbons (Fsp3) is 0.0909. The summed E-state index contributed by atoms with van der Waals surface area (Å²) < 4.78 is 53.4. The number of halogens is 3. The average Bonchev–Trinajstić information content (AvgIpc) is 2.73. The third-order valence-corrected chi connectivity index (χ3v) is 6.01. The highest BCUT2D eigenvalue weighted by atomic mass is 32.2. The maximum absolute atomic E-state index is 13.1. The normalized spacial score (nSPS) is 12.2. The number of hydrogen-bond acceptors (Lipinski definition) is 3. The summed E-state index contributed by atoms with van der Waals surface area (Å²) in [5.41, 5.74) is -2.36. The lowest BCUT2D eigenvalue weighted by molar-refractivity contribution is -0.137. The van der Waals surface area contributed by atoms with Crippen molar-refractivity contribution in [3.05, 3.63) is 87.3 Å². The molecule has 2 aromatic carbocycles. The molecule has 0 spiro atoms. The van der Waals surface area contributed by atoms with Gasteiger partial charge in [-0.25, -0.2) is 9.00 Å². The molecule has 0 aliphatic heterocycles. The highest BCUT2D eigenvalue weighted by Gasteiger charge is 2.31. The van der Waals surface area contributed by atoms with Gasteiger partial charge >= 0.3 is 12.1 Å². The average molecular weight is 445 g/mol. The van der Waals surface area contributed by atoms with Crippen LogP contribution in [0.15, 0.2) is 69.2 Å². The molecule has 1 aromatic heterocycles. The number of carboxylic acid groups (broad SMARTS) is 1. The Morgan fingerprint density at radius 3 is 2.32 bits per heavy atom. The van der Waals surface area contributed by atoms with Crippen molar-refractivity contribution in [2.24, 2.45) is 0 Å². The smallest absolute Gasteiger partial charge is 0.416 e. The zero-order valence-corrected chi connectivity index (χ0v) is 16.8. The summed E-state index contributed by atoms with van der Waals surface area (Å²) in [5, 5.41) is 9.44.